The Kier molecular flexibility index (Phi) is 6.14. The number of hydrogen-bond donors (Lipinski definition) is 3. The van der Waals surface area contributed by atoms with E-state index in [0.29, 0.717) is 24.3 Å². The van der Waals surface area contributed by atoms with E-state index in [-0.39, 0.29) is 24.4 Å². The number of fused-ring (bicyclic) bond motifs is 2. The molecule has 0 aliphatic heterocycles. The molecule has 5 heteroatoms. The molecule has 0 heterocycles. The Balaban J connectivity index is 1.36. The summed E-state index contributed by atoms with van der Waals surface area (Å²) in [6.45, 7) is 0.117. The van der Waals surface area contributed by atoms with E-state index in [1.807, 2.05) is 0 Å². The summed E-state index contributed by atoms with van der Waals surface area (Å²) in [5.74, 6) is 1.74. The number of hydrogen-bond acceptors (Lipinski definition) is 3. The molecule has 0 saturated heterocycles. The summed E-state index contributed by atoms with van der Waals surface area (Å²) in [6, 6.07) is 0.560. The molecule has 2 bridgehead atoms. The van der Waals surface area contributed by atoms with Gasteiger partial charge in [-0.15, -0.1) is 0 Å². The molecule has 3 rings (SSSR count). The SMILES string of the molecule is NC1CC2CCCC(C1)C2NC(=O)CNC(=O)CCC1CCCC1. The van der Waals surface area contributed by atoms with Crippen molar-refractivity contribution in [3.63, 3.8) is 0 Å². The van der Waals surface area contributed by atoms with Crippen molar-refractivity contribution in [2.45, 2.75) is 82.7 Å². The Hall–Kier alpha value is -1.10. The van der Waals surface area contributed by atoms with Gasteiger partial charge in [-0.05, 0) is 49.9 Å². The van der Waals surface area contributed by atoms with Gasteiger partial charge in [-0.2, -0.15) is 0 Å². The quantitative estimate of drug-likeness (QED) is 0.695. The van der Waals surface area contributed by atoms with Gasteiger partial charge in [0.25, 0.3) is 0 Å². The maximum absolute atomic E-state index is 12.2. The van der Waals surface area contributed by atoms with Crippen LogP contribution in [0.3, 0.4) is 0 Å². The van der Waals surface area contributed by atoms with Crippen molar-refractivity contribution in [1.29, 1.82) is 0 Å². The lowest BCUT2D eigenvalue weighted by molar-refractivity contribution is -0.127. The van der Waals surface area contributed by atoms with Crippen LogP contribution < -0.4 is 16.4 Å². The number of rotatable bonds is 6. The maximum atomic E-state index is 12.2. The average molecular weight is 335 g/mol. The minimum absolute atomic E-state index is 0.0166. The summed E-state index contributed by atoms with van der Waals surface area (Å²) in [6.07, 6.45) is 12.3. The number of nitrogens with one attached hydrogen (secondary N) is 2. The van der Waals surface area contributed by atoms with Crippen LogP contribution in [-0.2, 0) is 9.59 Å². The van der Waals surface area contributed by atoms with Gasteiger partial charge in [-0.25, -0.2) is 0 Å². The molecule has 136 valence electrons. The Morgan fingerprint density at radius 2 is 1.58 bits per heavy atom. The molecule has 2 unspecified atom stereocenters. The summed E-state index contributed by atoms with van der Waals surface area (Å²) in [5, 5.41) is 5.98. The van der Waals surface area contributed by atoms with Crippen molar-refractivity contribution in [3.8, 4) is 0 Å². The van der Waals surface area contributed by atoms with Gasteiger partial charge in [0.05, 0.1) is 6.54 Å². The molecular formula is C19H33N3O2. The fourth-order valence-electron chi connectivity index (χ4n) is 5.16. The highest BCUT2D eigenvalue weighted by molar-refractivity contribution is 5.84. The van der Waals surface area contributed by atoms with Gasteiger partial charge >= 0.3 is 0 Å². The Morgan fingerprint density at radius 3 is 2.25 bits per heavy atom. The molecule has 3 saturated carbocycles. The molecule has 0 spiro atoms. The smallest absolute Gasteiger partial charge is 0.239 e. The van der Waals surface area contributed by atoms with E-state index < -0.39 is 0 Å². The van der Waals surface area contributed by atoms with E-state index in [2.05, 4.69) is 10.6 Å². The van der Waals surface area contributed by atoms with Crippen molar-refractivity contribution in [2.75, 3.05) is 6.54 Å². The van der Waals surface area contributed by atoms with E-state index in [4.69, 9.17) is 5.73 Å². The average Bonchev–Trinajstić information content (AvgIpc) is 3.05. The molecule has 3 aliphatic carbocycles. The Labute approximate surface area is 145 Å². The van der Waals surface area contributed by atoms with Crippen LogP contribution in [0, 0.1) is 17.8 Å². The third kappa shape index (κ3) is 4.71. The number of carbonyl (C=O) groups excluding carboxylic acids is 2. The number of nitrogens with two attached hydrogens (primary N) is 1. The lowest BCUT2D eigenvalue weighted by Crippen LogP contribution is -2.55. The van der Waals surface area contributed by atoms with E-state index in [9.17, 15) is 9.59 Å². The first-order valence-electron chi connectivity index (χ1n) is 9.93. The molecular weight excluding hydrogens is 302 g/mol. The number of carbonyl (C=O) groups is 2. The first-order chi connectivity index (χ1) is 11.6. The normalized spacial score (nSPS) is 33.2. The van der Waals surface area contributed by atoms with Crippen molar-refractivity contribution >= 4 is 11.8 Å². The molecule has 24 heavy (non-hydrogen) atoms. The van der Waals surface area contributed by atoms with Crippen LogP contribution >= 0.6 is 0 Å². The standard InChI is InChI=1S/C19H33N3O2/c20-16-10-14-6-3-7-15(11-16)19(14)22-18(24)12-21-17(23)9-8-13-4-1-2-5-13/h13-16,19H,1-12,20H2,(H,21,23)(H,22,24). The highest BCUT2D eigenvalue weighted by Crippen LogP contribution is 2.39. The van der Waals surface area contributed by atoms with Gasteiger partial charge in [0.2, 0.25) is 11.8 Å². The summed E-state index contributed by atoms with van der Waals surface area (Å²) in [4.78, 5) is 24.2. The zero-order chi connectivity index (χ0) is 16.9. The van der Waals surface area contributed by atoms with E-state index >= 15 is 0 Å². The highest BCUT2D eigenvalue weighted by atomic mass is 16.2. The lowest BCUT2D eigenvalue weighted by atomic mass is 9.67. The zero-order valence-corrected chi connectivity index (χ0v) is 14.8. The third-order valence-corrected chi connectivity index (χ3v) is 6.40. The van der Waals surface area contributed by atoms with Crippen molar-refractivity contribution in [3.05, 3.63) is 0 Å². The minimum atomic E-state index is -0.0402. The van der Waals surface area contributed by atoms with Crippen molar-refractivity contribution in [1.82, 2.24) is 10.6 Å². The van der Waals surface area contributed by atoms with Crippen LogP contribution in [0.25, 0.3) is 0 Å². The summed E-state index contributed by atoms with van der Waals surface area (Å²) >= 11 is 0. The van der Waals surface area contributed by atoms with Crippen molar-refractivity contribution in [2.24, 2.45) is 23.5 Å². The third-order valence-electron chi connectivity index (χ3n) is 6.40. The van der Waals surface area contributed by atoms with Crippen LogP contribution in [0.5, 0.6) is 0 Å². The molecule has 3 fully saturated rings. The fraction of sp³-hybridized carbons (Fsp3) is 0.895. The topological polar surface area (TPSA) is 84.2 Å². The highest BCUT2D eigenvalue weighted by Gasteiger charge is 2.39. The summed E-state index contributed by atoms with van der Waals surface area (Å²) in [5.41, 5.74) is 6.13. The van der Waals surface area contributed by atoms with Gasteiger partial charge in [0, 0.05) is 18.5 Å². The molecule has 0 aromatic heterocycles. The monoisotopic (exact) mass is 335 g/mol. The predicted octanol–water partition coefficient (Wildman–Crippen LogP) is 2.10. The predicted molar refractivity (Wildman–Crippen MR) is 94.2 cm³/mol. The molecule has 3 aliphatic rings. The Bertz CT molecular complexity index is 434. The first kappa shape index (κ1) is 17.7. The maximum Gasteiger partial charge on any atom is 0.239 e. The van der Waals surface area contributed by atoms with Gasteiger partial charge in [0.1, 0.15) is 0 Å². The van der Waals surface area contributed by atoms with Gasteiger partial charge in [-0.3, -0.25) is 9.59 Å². The van der Waals surface area contributed by atoms with Crippen LogP contribution in [-0.4, -0.2) is 30.4 Å². The second-order valence-corrected chi connectivity index (χ2v) is 8.24. The largest absolute Gasteiger partial charge is 0.351 e. The fourth-order valence-corrected chi connectivity index (χ4v) is 5.16. The lowest BCUT2D eigenvalue weighted by Gasteiger charge is -2.45. The summed E-state index contributed by atoms with van der Waals surface area (Å²) < 4.78 is 0. The molecule has 4 N–H and O–H groups in total. The van der Waals surface area contributed by atoms with E-state index in [0.717, 1.165) is 25.2 Å². The van der Waals surface area contributed by atoms with Crippen molar-refractivity contribution < 1.29 is 9.59 Å². The number of amides is 2. The molecule has 5 nitrogen and oxygen atoms in total. The Morgan fingerprint density at radius 1 is 0.917 bits per heavy atom. The molecule has 0 aromatic carbocycles. The first-order valence-corrected chi connectivity index (χ1v) is 9.93. The minimum Gasteiger partial charge on any atom is -0.351 e. The second-order valence-electron chi connectivity index (χ2n) is 8.24. The molecule has 0 aromatic rings. The second kappa shape index (κ2) is 8.32. The van der Waals surface area contributed by atoms with Crippen LogP contribution in [0.4, 0.5) is 0 Å². The summed E-state index contributed by atoms with van der Waals surface area (Å²) in [7, 11) is 0. The molecule has 2 atom stereocenters. The molecule has 2 amide bonds. The molecule has 0 radical (unpaired) electrons. The van der Waals surface area contributed by atoms with E-state index in [1.165, 1.54) is 44.9 Å². The zero-order valence-electron chi connectivity index (χ0n) is 14.8. The van der Waals surface area contributed by atoms with Crippen LogP contribution in [0.2, 0.25) is 0 Å². The van der Waals surface area contributed by atoms with E-state index in [1.54, 1.807) is 0 Å². The van der Waals surface area contributed by atoms with Gasteiger partial charge in [-0.1, -0.05) is 32.1 Å². The van der Waals surface area contributed by atoms with Gasteiger partial charge < -0.3 is 16.4 Å². The van der Waals surface area contributed by atoms with Crippen LogP contribution in [0.15, 0.2) is 0 Å². The van der Waals surface area contributed by atoms with Gasteiger partial charge in [0.15, 0.2) is 0 Å². The van der Waals surface area contributed by atoms with Crippen LogP contribution in [0.1, 0.15) is 70.6 Å².